The predicted octanol–water partition coefficient (Wildman–Crippen LogP) is 4.83. The number of likely N-dealkylation sites (tertiary alicyclic amines) is 1. The normalized spacial score (nSPS) is 18.5. The molecule has 226 valence electrons. The van der Waals surface area contributed by atoms with Gasteiger partial charge in [-0.1, -0.05) is 56.9 Å². The Morgan fingerprint density at radius 3 is 2.24 bits per heavy atom. The van der Waals surface area contributed by atoms with E-state index in [1.54, 1.807) is 0 Å². The van der Waals surface area contributed by atoms with E-state index < -0.39 is 16.9 Å². The molecule has 41 heavy (non-hydrogen) atoms. The molecule has 0 radical (unpaired) electrons. The quantitative estimate of drug-likeness (QED) is 0.290. The van der Waals surface area contributed by atoms with Crippen molar-refractivity contribution in [2.24, 2.45) is 0 Å². The van der Waals surface area contributed by atoms with E-state index in [0.29, 0.717) is 12.3 Å². The lowest BCUT2D eigenvalue weighted by Crippen LogP contribution is -2.53. The number of ether oxygens (including phenoxy) is 1. The number of hydrogen-bond acceptors (Lipinski definition) is 6. The van der Waals surface area contributed by atoms with Crippen LogP contribution in [0.5, 0.6) is 11.5 Å². The van der Waals surface area contributed by atoms with Gasteiger partial charge in [0.25, 0.3) is 0 Å². The van der Waals surface area contributed by atoms with Gasteiger partial charge in [-0.25, -0.2) is 9.52 Å². The molecular formula is C31H45N4O5S-. The van der Waals surface area contributed by atoms with E-state index in [2.05, 4.69) is 34.0 Å². The summed E-state index contributed by atoms with van der Waals surface area (Å²) in [5.74, 6) is 1.44. The number of amides is 2. The zero-order valence-electron chi connectivity index (χ0n) is 24.2. The van der Waals surface area contributed by atoms with Gasteiger partial charge in [0.15, 0.2) is 0 Å². The molecule has 1 atom stereocenters. The second kappa shape index (κ2) is 15.7. The Bertz CT molecular complexity index is 1100. The second-order valence-electron chi connectivity index (χ2n) is 11.4. The van der Waals surface area contributed by atoms with Crippen LogP contribution >= 0.6 is 0 Å². The van der Waals surface area contributed by atoms with Gasteiger partial charge in [0.05, 0.1) is 5.60 Å². The maximum atomic E-state index is 13.2. The fraction of sp³-hybridized carbons (Fsp3) is 0.581. The van der Waals surface area contributed by atoms with E-state index in [-0.39, 0.29) is 18.6 Å². The maximum Gasteiger partial charge on any atom is 0.317 e. The summed E-state index contributed by atoms with van der Waals surface area (Å²) in [5.41, 5.74) is 1.32. The molecule has 0 spiro atoms. The lowest BCUT2D eigenvalue weighted by atomic mass is 9.85. The van der Waals surface area contributed by atoms with Gasteiger partial charge in [-0.15, -0.1) is 0 Å². The molecule has 1 saturated heterocycles. The van der Waals surface area contributed by atoms with Crippen LogP contribution in [0, 0.1) is 0 Å². The minimum absolute atomic E-state index is 0.0308. The van der Waals surface area contributed by atoms with Gasteiger partial charge < -0.3 is 24.6 Å². The molecule has 2 amide bonds. The third-order valence-electron chi connectivity index (χ3n) is 8.25. The summed E-state index contributed by atoms with van der Waals surface area (Å²) in [6.45, 7) is 6.22. The molecular weight excluding hydrogens is 540 g/mol. The summed E-state index contributed by atoms with van der Waals surface area (Å²) in [4.78, 5) is 17.7. The molecule has 2 aliphatic rings. The van der Waals surface area contributed by atoms with Crippen molar-refractivity contribution in [3.05, 3.63) is 59.7 Å². The van der Waals surface area contributed by atoms with E-state index >= 15 is 0 Å². The van der Waals surface area contributed by atoms with Crippen LogP contribution in [0.4, 0.5) is 4.79 Å². The van der Waals surface area contributed by atoms with Crippen LogP contribution < -0.4 is 14.8 Å². The smallest absolute Gasteiger partial charge is 0.317 e. The topological polar surface area (TPSA) is 117 Å². The third-order valence-corrected chi connectivity index (χ3v) is 8.63. The van der Waals surface area contributed by atoms with Crippen LogP contribution in [0.25, 0.3) is 0 Å². The summed E-state index contributed by atoms with van der Waals surface area (Å²) in [6, 6.07) is 15.6. The first-order chi connectivity index (χ1) is 19.8. The Morgan fingerprint density at radius 1 is 1.05 bits per heavy atom. The number of rotatable bonds is 13. The molecule has 0 bridgehead atoms. The molecule has 9 nitrogen and oxygen atoms in total. The highest BCUT2D eigenvalue weighted by molar-refractivity contribution is 7.77. The van der Waals surface area contributed by atoms with Gasteiger partial charge in [-0.3, -0.25) is 9.11 Å². The molecule has 1 unspecified atom stereocenters. The van der Waals surface area contributed by atoms with Gasteiger partial charge in [0.2, 0.25) is 0 Å². The van der Waals surface area contributed by atoms with E-state index in [1.807, 2.05) is 41.3 Å². The summed E-state index contributed by atoms with van der Waals surface area (Å²) >= 11 is -2.28. The molecule has 4 rings (SSSR count). The molecule has 2 aromatic rings. The van der Waals surface area contributed by atoms with Crippen LogP contribution in [-0.4, -0.2) is 67.5 Å². The molecule has 1 heterocycles. The third kappa shape index (κ3) is 10.1. The maximum absolute atomic E-state index is 13.2. The lowest BCUT2D eigenvalue weighted by Gasteiger charge is -2.39. The first kappa shape index (κ1) is 31.4. The van der Waals surface area contributed by atoms with Crippen LogP contribution in [0.3, 0.4) is 0 Å². The van der Waals surface area contributed by atoms with Crippen molar-refractivity contribution in [1.82, 2.24) is 19.8 Å². The van der Waals surface area contributed by atoms with Crippen molar-refractivity contribution in [1.29, 1.82) is 0 Å². The Morgan fingerprint density at radius 2 is 1.66 bits per heavy atom. The predicted molar refractivity (Wildman–Crippen MR) is 160 cm³/mol. The number of hydrogen-bond donors (Lipinski definition) is 3. The van der Waals surface area contributed by atoms with E-state index in [9.17, 15) is 18.7 Å². The average Bonchev–Trinajstić information content (AvgIpc) is 2.98. The lowest BCUT2D eigenvalue weighted by molar-refractivity contribution is 0.00535. The molecule has 2 fully saturated rings. The molecule has 1 saturated carbocycles. The first-order valence-electron chi connectivity index (χ1n) is 15.0. The highest BCUT2D eigenvalue weighted by atomic mass is 32.2. The number of piperidine rings is 1. The highest BCUT2D eigenvalue weighted by Crippen LogP contribution is 2.28. The fourth-order valence-corrected chi connectivity index (χ4v) is 6.06. The van der Waals surface area contributed by atoms with Crippen LogP contribution in [0.2, 0.25) is 0 Å². The Hall–Kier alpha value is -2.50. The summed E-state index contributed by atoms with van der Waals surface area (Å²) in [5, 5.41) is 13.9. The average molecular weight is 586 g/mol. The number of carbonyl (C=O) groups is 1. The number of aliphatic hydroxyl groups is 1. The number of nitrogens with zero attached hydrogens (tertiary/aromatic N) is 2. The van der Waals surface area contributed by atoms with Crippen molar-refractivity contribution in [2.45, 2.75) is 89.4 Å². The standard InChI is InChI=1S/C31H46N4O5S/c1-2-3-19-35(30(36)32-24-31(37)17-5-4-6-18-31)27-15-20-34(21-16-27)23-26-9-13-29(14-10-26)40-28-11-7-25(8-12-28)22-33-41(38)39/h7-14,27,33,37H,2-6,15-24H2,1H3,(H,32,36)(H,38,39)/p-1. The summed E-state index contributed by atoms with van der Waals surface area (Å²) in [7, 11) is 0. The van der Waals surface area contributed by atoms with Crippen LogP contribution in [0.1, 0.15) is 75.8 Å². The fourth-order valence-electron chi connectivity index (χ4n) is 5.77. The molecule has 10 heteroatoms. The van der Waals surface area contributed by atoms with Crippen LogP contribution in [-0.2, 0) is 24.4 Å². The SMILES string of the molecule is CCCCN(C(=O)NCC1(O)CCCCC1)C1CCN(Cc2ccc(Oc3ccc(CNS(=O)[O-])cc3)cc2)CC1. The number of benzene rings is 2. The Kier molecular flexibility index (Phi) is 12.0. The van der Waals surface area contributed by atoms with Gasteiger partial charge in [0, 0.05) is 56.6 Å². The first-order valence-corrected chi connectivity index (χ1v) is 16.1. The van der Waals surface area contributed by atoms with E-state index in [1.165, 1.54) is 12.0 Å². The van der Waals surface area contributed by atoms with Crippen molar-refractivity contribution in [3.8, 4) is 11.5 Å². The highest BCUT2D eigenvalue weighted by Gasteiger charge is 2.32. The monoisotopic (exact) mass is 585 g/mol. The minimum Gasteiger partial charge on any atom is -0.760 e. The van der Waals surface area contributed by atoms with Gasteiger partial charge in [0.1, 0.15) is 11.5 Å². The van der Waals surface area contributed by atoms with Crippen molar-refractivity contribution in [3.63, 3.8) is 0 Å². The Labute approximate surface area is 247 Å². The van der Waals surface area contributed by atoms with E-state index in [4.69, 9.17) is 4.74 Å². The van der Waals surface area contributed by atoms with Gasteiger partial charge in [-0.2, -0.15) is 0 Å². The molecule has 1 aliphatic carbocycles. The van der Waals surface area contributed by atoms with Crippen molar-refractivity contribution >= 4 is 17.3 Å². The minimum atomic E-state index is -2.28. The van der Waals surface area contributed by atoms with Crippen molar-refractivity contribution in [2.75, 3.05) is 26.2 Å². The van der Waals surface area contributed by atoms with E-state index in [0.717, 1.165) is 88.9 Å². The van der Waals surface area contributed by atoms with Crippen LogP contribution in [0.15, 0.2) is 48.5 Å². The van der Waals surface area contributed by atoms with Gasteiger partial charge >= 0.3 is 6.03 Å². The largest absolute Gasteiger partial charge is 0.760 e. The second-order valence-corrected chi connectivity index (χ2v) is 12.2. The number of unbranched alkanes of at least 4 members (excludes halogenated alkanes) is 1. The molecule has 0 aromatic heterocycles. The zero-order valence-corrected chi connectivity index (χ0v) is 25.0. The summed E-state index contributed by atoms with van der Waals surface area (Å²) in [6.07, 6.45) is 8.68. The van der Waals surface area contributed by atoms with Gasteiger partial charge in [-0.05, 0) is 67.5 Å². The molecule has 3 N–H and O–H groups in total. The summed E-state index contributed by atoms with van der Waals surface area (Å²) < 4.78 is 29.6. The Balaban J connectivity index is 1.23. The molecule has 2 aromatic carbocycles. The number of nitrogens with one attached hydrogen (secondary N) is 2. The number of urea groups is 1. The van der Waals surface area contributed by atoms with Crippen molar-refractivity contribution < 1.29 is 23.4 Å². The molecule has 1 aliphatic heterocycles. The zero-order chi connectivity index (χ0) is 29.1. The number of carbonyl (C=O) groups excluding carboxylic acids is 1.